The van der Waals surface area contributed by atoms with Gasteiger partial charge in [-0.2, -0.15) is 5.26 Å². The second kappa shape index (κ2) is 5.55. The Kier molecular flexibility index (Phi) is 3.83. The average Bonchev–Trinajstić information content (AvgIpc) is 2.43. The second-order valence-electron chi connectivity index (χ2n) is 3.79. The second-order valence-corrected chi connectivity index (χ2v) is 4.32. The van der Waals surface area contributed by atoms with Crippen LogP contribution in [0, 0.1) is 21.4 Å². The first kappa shape index (κ1) is 13.1. The van der Waals surface area contributed by atoms with Crippen molar-refractivity contribution in [2.45, 2.75) is 5.38 Å². The molecule has 19 heavy (non-hydrogen) atoms. The number of benzene rings is 2. The van der Waals surface area contributed by atoms with Gasteiger partial charge in [-0.3, -0.25) is 10.1 Å². The Hall–Kier alpha value is -2.32. The first-order chi connectivity index (χ1) is 9.13. The highest BCUT2D eigenvalue weighted by Gasteiger charge is 2.15. The van der Waals surface area contributed by atoms with Crippen molar-refractivity contribution in [2.24, 2.45) is 0 Å². The molecule has 6 heteroatoms. The van der Waals surface area contributed by atoms with Crippen LogP contribution in [0.2, 0.25) is 0 Å². The molecule has 1 unspecified atom stereocenters. The molecule has 0 aliphatic carbocycles. The number of ether oxygens (including phenoxy) is 1. The van der Waals surface area contributed by atoms with Gasteiger partial charge in [0.25, 0.3) is 5.69 Å². The van der Waals surface area contributed by atoms with Crippen LogP contribution < -0.4 is 4.74 Å². The van der Waals surface area contributed by atoms with Gasteiger partial charge in [0.05, 0.1) is 16.4 Å². The third kappa shape index (κ3) is 2.75. The normalized spacial score (nSPS) is 11.8. The molecule has 96 valence electrons. The van der Waals surface area contributed by atoms with Crippen molar-refractivity contribution in [2.75, 3.05) is 6.61 Å². The molecule has 0 spiro atoms. The molecule has 0 aliphatic heterocycles. The van der Waals surface area contributed by atoms with Crippen LogP contribution in [0.1, 0.15) is 0 Å². The fraction of sp³-hybridized carbons (Fsp3) is 0.154. The molecule has 5 nitrogen and oxygen atoms in total. The lowest BCUT2D eigenvalue weighted by molar-refractivity contribution is -0.383. The number of alkyl halides is 1. The molecule has 0 saturated carbocycles. The maximum atomic E-state index is 10.9. The van der Waals surface area contributed by atoms with Gasteiger partial charge in [-0.25, -0.2) is 0 Å². The van der Waals surface area contributed by atoms with E-state index in [9.17, 15) is 10.1 Å². The zero-order chi connectivity index (χ0) is 13.8. The van der Waals surface area contributed by atoms with E-state index in [4.69, 9.17) is 21.6 Å². The number of nitro groups is 1. The quantitative estimate of drug-likeness (QED) is 0.488. The highest BCUT2D eigenvalue weighted by molar-refractivity contribution is 6.22. The van der Waals surface area contributed by atoms with E-state index in [2.05, 4.69) is 0 Å². The summed E-state index contributed by atoms with van der Waals surface area (Å²) in [7, 11) is 0. The van der Waals surface area contributed by atoms with Gasteiger partial charge < -0.3 is 4.74 Å². The first-order valence-corrected chi connectivity index (χ1v) is 5.89. The number of non-ortho nitro benzene ring substituents is 1. The SMILES string of the molecule is N#CC(Cl)COc1ccc([N+](=O)[O-])c2ccccc12. The summed E-state index contributed by atoms with van der Waals surface area (Å²) in [6, 6.07) is 11.6. The third-order valence-electron chi connectivity index (χ3n) is 2.58. The van der Waals surface area contributed by atoms with Crippen LogP contribution in [0.4, 0.5) is 5.69 Å². The predicted octanol–water partition coefficient (Wildman–Crippen LogP) is 3.26. The fourth-order valence-electron chi connectivity index (χ4n) is 1.74. The Labute approximate surface area is 114 Å². The Morgan fingerprint density at radius 1 is 1.32 bits per heavy atom. The van der Waals surface area contributed by atoms with Crippen molar-refractivity contribution in [1.29, 1.82) is 5.26 Å². The molecule has 2 aromatic rings. The van der Waals surface area contributed by atoms with Crippen LogP contribution in [0.3, 0.4) is 0 Å². The average molecular weight is 277 g/mol. The minimum atomic E-state index is -0.756. The summed E-state index contributed by atoms with van der Waals surface area (Å²) in [4.78, 5) is 10.5. The Balaban J connectivity index is 2.44. The molecule has 0 radical (unpaired) electrons. The summed E-state index contributed by atoms with van der Waals surface area (Å²) in [6.45, 7) is 0.0276. The number of fused-ring (bicyclic) bond motifs is 1. The molecule has 0 fully saturated rings. The molecule has 0 bridgehead atoms. The van der Waals surface area contributed by atoms with Crippen molar-refractivity contribution >= 4 is 28.1 Å². The minimum absolute atomic E-state index is 0.0191. The molecule has 0 aliphatic rings. The van der Waals surface area contributed by atoms with Crippen LogP contribution in [-0.4, -0.2) is 16.9 Å². The molecular weight excluding hydrogens is 268 g/mol. The van der Waals surface area contributed by atoms with Gasteiger partial charge in [0, 0.05) is 11.5 Å². The van der Waals surface area contributed by atoms with Crippen LogP contribution in [0.15, 0.2) is 36.4 Å². The smallest absolute Gasteiger partial charge is 0.277 e. The first-order valence-electron chi connectivity index (χ1n) is 5.46. The summed E-state index contributed by atoms with van der Waals surface area (Å²) in [5.74, 6) is 0.474. The highest BCUT2D eigenvalue weighted by atomic mass is 35.5. The van der Waals surface area contributed by atoms with E-state index in [1.807, 2.05) is 6.07 Å². The van der Waals surface area contributed by atoms with Gasteiger partial charge in [0.15, 0.2) is 5.38 Å². The molecule has 0 aromatic heterocycles. The van der Waals surface area contributed by atoms with E-state index in [-0.39, 0.29) is 12.3 Å². The number of rotatable bonds is 4. The van der Waals surface area contributed by atoms with E-state index in [1.165, 1.54) is 12.1 Å². The molecule has 0 N–H and O–H groups in total. The Bertz CT molecular complexity index is 666. The highest BCUT2D eigenvalue weighted by Crippen LogP contribution is 2.32. The zero-order valence-electron chi connectivity index (χ0n) is 9.75. The fourth-order valence-corrected chi connectivity index (χ4v) is 1.80. The summed E-state index contributed by atoms with van der Waals surface area (Å²) >= 11 is 5.65. The standard InChI is InChI=1S/C13H9ClN2O3/c14-9(7-15)8-19-13-6-5-12(16(17)18)10-3-1-2-4-11(10)13/h1-6,9H,8H2. The van der Waals surface area contributed by atoms with Crippen molar-refractivity contribution in [3.8, 4) is 11.8 Å². The predicted molar refractivity (Wildman–Crippen MR) is 71.4 cm³/mol. The molecular formula is C13H9ClN2O3. The van der Waals surface area contributed by atoms with Gasteiger partial charge in [-0.1, -0.05) is 18.2 Å². The van der Waals surface area contributed by atoms with Crippen LogP contribution in [0.5, 0.6) is 5.75 Å². The lowest BCUT2D eigenvalue weighted by atomic mass is 10.1. The van der Waals surface area contributed by atoms with Gasteiger partial charge in [0.1, 0.15) is 12.4 Å². The minimum Gasteiger partial charge on any atom is -0.490 e. The summed E-state index contributed by atoms with van der Waals surface area (Å²) in [6.07, 6.45) is 0. The molecule has 1 atom stereocenters. The maximum Gasteiger partial charge on any atom is 0.277 e. The zero-order valence-corrected chi connectivity index (χ0v) is 10.5. The van der Waals surface area contributed by atoms with Crippen molar-refractivity contribution in [3.05, 3.63) is 46.5 Å². The lowest BCUT2D eigenvalue weighted by Gasteiger charge is -2.09. The third-order valence-corrected chi connectivity index (χ3v) is 2.81. The van der Waals surface area contributed by atoms with Crippen molar-refractivity contribution < 1.29 is 9.66 Å². The van der Waals surface area contributed by atoms with E-state index < -0.39 is 10.3 Å². The lowest BCUT2D eigenvalue weighted by Crippen LogP contribution is -2.09. The number of hydrogen-bond acceptors (Lipinski definition) is 4. The number of hydrogen-bond donors (Lipinski definition) is 0. The van der Waals surface area contributed by atoms with E-state index in [1.54, 1.807) is 24.3 Å². The Morgan fingerprint density at radius 2 is 2.00 bits per heavy atom. The molecule has 2 rings (SSSR count). The largest absolute Gasteiger partial charge is 0.490 e. The van der Waals surface area contributed by atoms with Gasteiger partial charge in [-0.15, -0.1) is 11.6 Å². The van der Waals surface area contributed by atoms with E-state index in [0.29, 0.717) is 16.5 Å². The van der Waals surface area contributed by atoms with Crippen LogP contribution >= 0.6 is 11.6 Å². The van der Waals surface area contributed by atoms with E-state index in [0.717, 1.165) is 0 Å². The summed E-state index contributed by atoms with van der Waals surface area (Å²) in [5.41, 5.74) is 0.0191. The van der Waals surface area contributed by atoms with E-state index >= 15 is 0 Å². The number of nitro benzene ring substituents is 1. The summed E-state index contributed by atoms with van der Waals surface area (Å²) < 4.78 is 5.43. The summed E-state index contributed by atoms with van der Waals surface area (Å²) in [5, 5.41) is 19.9. The van der Waals surface area contributed by atoms with Crippen molar-refractivity contribution in [3.63, 3.8) is 0 Å². The topological polar surface area (TPSA) is 76.2 Å². The monoisotopic (exact) mass is 276 g/mol. The maximum absolute atomic E-state index is 10.9. The number of halogens is 1. The molecule has 2 aromatic carbocycles. The van der Waals surface area contributed by atoms with Crippen LogP contribution in [-0.2, 0) is 0 Å². The molecule has 0 saturated heterocycles. The van der Waals surface area contributed by atoms with Gasteiger partial charge in [0.2, 0.25) is 0 Å². The Morgan fingerprint density at radius 3 is 2.63 bits per heavy atom. The van der Waals surface area contributed by atoms with Crippen molar-refractivity contribution in [1.82, 2.24) is 0 Å². The molecule has 0 amide bonds. The van der Waals surface area contributed by atoms with Gasteiger partial charge >= 0.3 is 0 Å². The van der Waals surface area contributed by atoms with Crippen LogP contribution in [0.25, 0.3) is 10.8 Å². The van der Waals surface area contributed by atoms with Gasteiger partial charge in [-0.05, 0) is 12.1 Å². The number of nitrogens with zero attached hydrogens (tertiary/aromatic N) is 2. The number of nitriles is 1. The molecule has 0 heterocycles.